The number of nitrogens with zero attached hydrogens (tertiary/aromatic N) is 1. The minimum absolute atomic E-state index is 0.118. The second kappa shape index (κ2) is 6.84. The lowest BCUT2D eigenvalue weighted by Gasteiger charge is -2.26. The van der Waals surface area contributed by atoms with Crippen LogP contribution in [0.4, 0.5) is 0 Å². The third kappa shape index (κ3) is 3.22. The van der Waals surface area contributed by atoms with Gasteiger partial charge in [0.2, 0.25) is 0 Å². The quantitative estimate of drug-likeness (QED) is 0.338. The molecule has 0 saturated heterocycles. The third-order valence-electron chi connectivity index (χ3n) is 6.41. The maximum atomic E-state index is 6.46. The van der Waals surface area contributed by atoms with Gasteiger partial charge in [-0.25, -0.2) is 0 Å². The van der Waals surface area contributed by atoms with E-state index >= 15 is 0 Å². The molecule has 0 saturated carbocycles. The van der Waals surface area contributed by atoms with Gasteiger partial charge in [0.05, 0.1) is 13.8 Å². The lowest BCUT2D eigenvalue weighted by atomic mass is 9.79. The lowest BCUT2D eigenvalue weighted by Crippen LogP contribution is -2.38. The van der Waals surface area contributed by atoms with Crippen molar-refractivity contribution in [2.24, 2.45) is 0 Å². The van der Waals surface area contributed by atoms with Crippen LogP contribution in [0.3, 0.4) is 0 Å². The number of pyridine rings is 1. The van der Waals surface area contributed by atoms with Crippen LogP contribution in [0.1, 0.15) is 38.3 Å². The van der Waals surface area contributed by atoms with Crippen LogP contribution in [0, 0.1) is 6.92 Å². The second-order valence-electron chi connectivity index (χ2n) is 9.78. The van der Waals surface area contributed by atoms with Crippen LogP contribution in [0.25, 0.3) is 33.2 Å². The highest BCUT2D eigenvalue weighted by atomic mass is 28.3. The topological polar surface area (TPSA) is 26.0 Å². The standard InChI is InChI=1S/C26H31NOSi/c1-8-26(3,4)20-15-16-27-24(17(20)2)19-13-14-22(29(5,6)7)23-18-11-9-10-12-21(18)28-25(19)23/h9-16H,8H2,1-7H3. The van der Waals surface area contributed by atoms with Crippen LogP contribution >= 0.6 is 0 Å². The van der Waals surface area contributed by atoms with Gasteiger partial charge in [0.1, 0.15) is 11.2 Å². The van der Waals surface area contributed by atoms with Gasteiger partial charge in [0.25, 0.3) is 0 Å². The third-order valence-corrected chi connectivity index (χ3v) is 8.44. The van der Waals surface area contributed by atoms with E-state index in [1.165, 1.54) is 27.1 Å². The van der Waals surface area contributed by atoms with Gasteiger partial charge in [-0.05, 0) is 53.3 Å². The summed E-state index contributed by atoms with van der Waals surface area (Å²) in [6, 6.07) is 15.1. The Labute approximate surface area is 175 Å². The molecule has 0 atom stereocenters. The van der Waals surface area contributed by atoms with E-state index in [9.17, 15) is 0 Å². The lowest BCUT2D eigenvalue weighted by molar-refractivity contribution is 0.503. The minimum Gasteiger partial charge on any atom is -0.455 e. The average molecular weight is 402 g/mol. The summed E-state index contributed by atoms with van der Waals surface area (Å²) in [6.45, 7) is 16.3. The Morgan fingerprint density at radius 1 is 1.00 bits per heavy atom. The molecule has 0 aliphatic rings. The molecule has 0 fully saturated rings. The largest absolute Gasteiger partial charge is 0.455 e. The van der Waals surface area contributed by atoms with E-state index in [1.54, 1.807) is 0 Å². The predicted octanol–water partition coefficient (Wildman–Crippen LogP) is 7.19. The highest BCUT2D eigenvalue weighted by molar-refractivity contribution is 6.90. The molecule has 4 rings (SSSR count). The molecule has 150 valence electrons. The fraction of sp³-hybridized carbons (Fsp3) is 0.346. The van der Waals surface area contributed by atoms with Crippen LogP contribution < -0.4 is 5.19 Å². The number of rotatable bonds is 4. The maximum absolute atomic E-state index is 6.46. The Bertz CT molecular complexity index is 1210. The number of benzene rings is 2. The van der Waals surface area contributed by atoms with Crippen molar-refractivity contribution in [3.8, 4) is 11.3 Å². The van der Waals surface area contributed by atoms with Gasteiger partial charge in [-0.3, -0.25) is 4.98 Å². The summed E-state index contributed by atoms with van der Waals surface area (Å²) in [4.78, 5) is 4.82. The van der Waals surface area contributed by atoms with Crippen LogP contribution in [-0.2, 0) is 5.41 Å². The second-order valence-corrected chi connectivity index (χ2v) is 14.8. The van der Waals surface area contributed by atoms with Crippen molar-refractivity contribution in [2.75, 3.05) is 0 Å². The first-order valence-corrected chi connectivity index (χ1v) is 14.1. The summed E-state index contributed by atoms with van der Waals surface area (Å²) in [5.74, 6) is 0. The molecule has 0 spiro atoms. The number of aromatic nitrogens is 1. The molecule has 0 bridgehead atoms. The normalized spacial score (nSPS) is 12.8. The Kier molecular flexibility index (Phi) is 4.70. The van der Waals surface area contributed by atoms with Crippen molar-refractivity contribution in [3.63, 3.8) is 0 Å². The molecule has 2 aromatic heterocycles. The summed E-state index contributed by atoms with van der Waals surface area (Å²) in [5.41, 5.74) is 6.81. The van der Waals surface area contributed by atoms with Gasteiger partial charge in [-0.15, -0.1) is 0 Å². The SMILES string of the molecule is CCC(C)(C)c1ccnc(-c2ccc([Si](C)(C)C)c3c2oc2ccccc23)c1C. The molecule has 2 heterocycles. The van der Waals surface area contributed by atoms with E-state index in [2.05, 4.69) is 83.7 Å². The average Bonchev–Trinajstić information content (AvgIpc) is 3.06. The van der Waals surface area contributed by atoms with Crippen molar-refractivity contribution < 1.29 is 4.42 Å². The molecule has 2 nitrogen and oxygen atoms in total. The van der Waals surface area contributed by atoms with Gasteiger partial charge in [0, 0.05) is 22.5 Å². The van der Waals surface area contributed by atoms with Gasteiger partial charge in [0.15, 0.2) is 0 Å². The molecule has 0 aliphatic carbocycles. The van der Waals surface area contributed by atoms with E-state index in [0.29, 0.717) is 0 Å². The highest BCUT2D eigenvalue weighted by Crippen LogP contribution is 2.39. The summed E-state index contributed by atoms with van der Waals surface area (Å²) in [7, 11) is -1.54. The molecule has 4 aromatic rings. The zero-order valence-electron chi connectivity index (χ0n) is 18.7. The predicted molar refractivity (Wildman–Crippen MR) is 128 cm³/mol. The van der Waals surface area contributed by atoms with Crippen LogP contribution in [0.5, 0.6) is 0 Å². The monoisotopic (exact) mass is 401 g/mol. The van der Waals surface area contributed by atoms with Crippen molar-refractivity contribution >= 4 is 35.2 Å². The molecule has 0 aliphatic heterocycles. The number of fused-ring (bicyclic) bond motifs is 3. The first-order valence-electron chi connectivity index (χ1n) is 10.6. The smallest absolute Gasteiger partial charge is 0.144 e. The number of furan rings is 1. The van der Waals surface area contributed by atoms with Gasteiger partial charge < -0.3 is 4.42 Å². The zero-order valence-corrected chi connectivity index (χ0v) is 19.7. The molecule has 0 N–H and O–H groups in total. The van der Waals surface area contributed by atoms with Crippen molar-refractivity contribution in [3.05, 3.63) is 59.8 Å². The van der Waals surface area contributed by atoms with Crippen LogP contribution in [0.15, 0.2) is 53.1 Å². The first-order chi connectivity index (χ1) is 13.6. The number of hydrogen-bond acceptors (Lipinski definition) is 2. The minimum atomic E-state index is -1.54. The highest BCUT2D eigenvalue weighted by Gasteiger charge is 2.27. The molecule has 0 radical (unpaired) electrons. The molecule has 0 unspecified atom stereocenters. The van der Waals surface area contributed by atoms with Gasteiger partial charge >= 0.3 is 0 Å². The van der Waals surface area contributed by atoms with Crippen molar-refractivity contribution in [2.45, 2.75) is 59.2 Å². The van der Waals surface area contributed by atoms with Crippen LogP contribution in [-0.4, -0.2) is 13.1 Å². The Hall–Kier alpha value is -2.39. The summed E-state index contributed by atoms with van der Waals surface area (Å²) in [6.07, 6.45) is 3.04. The van der Waals surface area contributed by atoms with Crippen molar-refractivity contribution in [1.29, 1.82) is 0 Å². The molecule has 3 heteroatoms. The Balaban J connectivity index is 2.09. The van der Waals surface area contributed by atoms with Crippen molar-refractivity contribution in [1.82, 2.24) is 4.98 Å². The fourth-order valence-corrected chi connectivity index (χ4v) is 5.95. The van der Waals surface area contributed by atoms with E-state index < -0.39 is 8.07 Å². The summed E-state index contributed by atoms with van der Waals surface area (Å²) >= 11 is 0. The molecule has 29 heavy (non-hydrogen) atoms. The zero-order chi connectivity index (χ0) is 21.0. The Morgan fingerprint density at radius 2 is 1.72 bits per heavy atom. The van der Waals surface area contributed by atoms with Gasteiger partial charge in [-0.1, -0.05) is 64.7 Å². The van der Waals surface area contributed by atoms with E-state index in [1.807, 2.05) is 12.3 Å². The molecular formula is C26H31NOSi. The summed E-state index contributed by atoms with van der Waals surface area (Å²) in [5, 5.41) is 3.94. The molecule has 2 aromatic carbocycles. The molecule has 0 amide bonds. The molecular weight excluding hydrogens is 370 g/mol. The first kappa shape index (κ1) is 19.9. The summed E-state index contributed by atoms with van der Waals surface area (Å²) < 4.78 is 6.46. The number of para-hydroxylation sites is 1. The fourth-order valence-electron chi connectivity index (χ4n) is 4.37. The maximum Gasteiger partial charge on any atom is 0.144 e. The van der Waals surface area contributed by atoms with Crippen LogP contribution in [0.2, 0.25) is 19.6 Å². The van der Waals surface area contributed by atoms with E-state index in [4.69, 9.17) is 9.40 Å². The van der Waals surface area contributed by atoms with Gasteiger partial charge in [-0.2, -0.15) is 0 Å². The van der Waals surface area contributed by atoms with E-state index in [-0.39, 0.29) is 5.41 Å². The number of hydrogen-bond donors (Lipinski definition) is 0. The Morgan fingerprint density at radius 3 is 2.41 bits per heavy atom. The van der Waals surface area contributed by atoms with E-state index in [0.717, 1.165) is 28.8 Å².